The van der Waals surface area contributed by atoms with Gasteiger partial charge in [0.25, 0.3) is 0 Å². The maximum atomic E-state index is 12.3. The van der Waals surface area contributed by atoms with Gasteiger partial charge in [0, 0.05) is 5.56 Å². The van der Waals surface area contributed by atoms with E-state index in [1.165, 1.54) is 25.3 Å². The number of ketones is 1. The van der Waals surface area contributed by atoms with E-state index in [0.29, 0.717) is 11.3 Å². The third-order valence-corrected chi connectivity index (χ3v) is 3.14. The van der Waals surface area contributed by atoms with Crippen LogP contribution >= 0.6 is 0 Å². The molecule has 0 aliphatic rings. The summed E-state index contributed by atoms with van der Waals surface area (Å²) in [6.07, 6.45) is -3.42. The number of ether oxygens (including phenoxy) is 2. The molecule has 0 unspecified atom stereocenters. The molecule has 0 N–H and O–H groups in total. The number of allylic oxidation sites excluding steroid dienone is 1. The van der Waals surface area contributed by atoms with E-state index in [4.69, 9.17) is 4.74 Å². The highest BCUT2D eigenvalue weighted by Gasteiger charge is 2.31. The van der Waals surface area contributed by atoms with Gasteiger partial charge in [0.15, 0.2) is 0 Å². The van der Waals surface area contributed by atoms with E-state index in [9.17, 15) is 23.2 Å². The monoisotopic (exact) mass is 347 g/mol. The van der Waals surface area contributed by atoms with Gasteiger partial charge >= 0.3 is 6.36 Å². The van der Waals surface area contributed by atoms with Crippen LogP contribution in [0.1, 0.15) is 15.9 Å². The van der Waals surface area contributed by atoms with Gasteiger partial charge in [0.1, 0.15) is 23.1 Å². The molecule has 0 aliphatic carbocycles. The second-order valence-corrected chi connectivity index (χ2v) is 4.84. The van der Waals surface area contributed by atoms with E-state index in [0.717, 1.165) is 12.1 Å². The fourth-order valence-corrected chi connectivity index (χ4v) is 1.98. The zero-order valence-electron chi connectivity index (χ0n) is 13.0. The summed E-state index contributed by atoms with van der Waals surface area (Å²) in [5, 5.41) is 9.19. The first-order valence-electron chi connectivity index (χ1n) is 6.99. The molecule has 128 valence electrons. The lowest BCUT2D eigenvalue weighted by Gasteiger charge is -2.08. The standard InChI is InChI=1S/C18H12F3NO3/c1-24-15-6-2-12(3-7-15)10-14(11-22)17(23)13-4-8-16(9-5-13)25-18(19,20)21/h2-10H,1H3/b14-10-. The van der Waals surface area contributed by atoms with E-state index >= 15 is 0 Å². The maximum absolute atomic E-state index is 12.3. The number of hydrogen-bond acceptors (Lipinski definition) is 4. The zero-order chi connectivity index (χ0) is 18.4. The first kappa shape index (κ1) is 18.1. The van der Waals surface area contributed by atoms with Crippen molar-refractivity contribution < 1.29 is 27.4 Å². The van der Waals surface area contributed by atoms with Gasteiger partial charge in [-0.25, -0.2) is 0 Å². The van der Waals surface area contributed by atoms with Gasteiger partial charge in [-0.2, -0.15) is 5.26 Å². The third kappa shape index (κ3) is 5.11. The first-order chi connectivity index (χ1) is 11.8. The van der Waals surface area contributed by atoms with Crippen LogP contribution in [0.15, 0.2) is 54.1 Å². The van der Waals surface area contributed by atoms with Crippen LogP contribution in [0.2, 0.25) is 0 Å². The molecule has 0 atom stereocenters. The highest BCUT2D eigenvalue weighted by Crippen LogP contribution is 2.23. The maximum Gasteiger partial charge on any atom is 0.573 e. The van der Waals surface area contributed by atoms with Crippen LogP contribution in [0.3, 0.4) is 0 Å². The summed E-state index contributed by atoms with van der Waals surface area (Å²) in [7, 11) is 1.52. The van der Waals surface area contributed by atoms with Crippen molar-refractivity contribution in [3.63, 3.8) is 0 Å². The number of Topliss-reactive ketones (excluding diaryl/α,β-unsaturated/α-hetero) is 1. The molecule has 0 radical (unpaired) electrons. The van der Waals surface area contributed by atoms with Crippen LogP contribution in [-0.2, 0) is 0 Å². The molecule has 2 aromatic rings. The number of hydrogen-bond donors (Lipinski definition) is 0. The Morgan fingerprint density at radius 3 is 2.08 bits per heavy atom. The average Bonchev–Trinajstić information content (AvgIpc) is 2.59. The molecular weight excluding hydrogens is 335 g/mol. The van der Waals surface area contributed by atoms with E-state index in [1.807, 2.05) is 0 Å². The summed E-state index contributed by atoms with van der Waals surface area (Å²) in [5.74, 6) is -0.416. The fraction of sp³-hybridized carbons (Fsp3) is 0.111. The predicted octanol–water partition coefficient (Wildman–Crippen LogP) is 4.38. The van der Waals surface area contributed by atoms with E-state index in [2.05, 4.69) is 4.74 Å². The Morgan fingerprint density at radius 2 is 1.60 bits per heavy atom. The van der Waals surface area contributed by atoms with Gasteiger partial charge in [-0.15, -0.1) is 13.2 Å². The molecule has 0 fully saturated rings. The number of carbonyl (C=O) groups is 1. The lowest BCUT2D eigenvalue weighted by molar-refractivity contribution is -0.274. The van der Waals surface area contributed by atoms with Gasteiger partial charge in [-0.05, 0) is 48.0 Å². The number of methoxy groups -OCH3 is 1. The minimum absolute atomic E-state index is 0.0795. The van der Waals surface area contributed by atoms with Crippen LogP contribution < -0.4 is 9.47 Å². The molecule has 0 spiro atoms. The van der Waals surface area contributed by atoms with Gasteiger partial charge in [-0.1, -0.05) is 12.1 Å². The third-order valence-electron chi connectivity index (χ3n) is 3.14. The summed E-state index contributed by atoms with van der Waals surface area (Å²) in [4.78, 5) is 12.3. The van der Waals surface area contributed by atoms with Crippen molar-refractivity contribution >= 4 is 11.9 Å². The summed E-state index contributed by atoms with van der Waals surface area (Å²) >= 11 is 0. The Hall–Kier alpha value is -3.27. The largest absolute Gasteiger partial charge is 0.573 e. The minimum Gasteiger partial charge on any atom is -0.497 e. The fourth-order valence-electron chi connectivity index (χ4n) is 1.98. The Morgan fingerprint density at radius 1 is 1.04 bits per heavy atom. The first-order valence-corrected chi connectivity index (χ1v) is 6.99. The Kier molecular flexibility index (Phi) is 5.45. The predicted molar refractivity (Wildman–Crippen MR) is 84.0 cm³/mol. The van der Waals surface area contributed by atoms with Crippen molar-refractivity contribution in [1.82, 2.24) is 0 Å². The van der Waals surface area contributed by atoms with Gasteiger partial charge in [-0.3, -0.25) is 4.79 Å². The van der Waals surface area contributed by atoms with Crippen molar-refractivity contribution in [2.45, 2.75) is 6.36 Å². The molecule has 7 heteroatoms. The molecule has 0 aromatic heterocycles. The van der Waals surface area contributed by atoms with Crippen molar-refractivity contribution in [1.29, 1.82) is 5.26 Å². The normalized spacial score (nSPS) is 11.6. The van der Waals surface area contributed by atoms with Crippen molar-refractivity contribution in [3.05, 3.63) is 65.2 Å². The number of nitrogens with zero attached hydrogens (tertiary/aromatic N) is 1. The zero-order valence-corrected chi connectivity index (χ0v) is 13.0. The molecule has 25 heavy (non-hydrogen) atoms. The molecule has 0 aliphatic heterocycles. The topological polar surface area (TPSA) is 59.3 Å². The van der Waals surface area contributed by atoms with E-state index in [1.54, 1.807) is 30.3 Å². The van der Waals surface area contributed by atoms with Crippen LogP contribution in [-0.4, -0.2) is 19.3 Å². The summed E-state index contributed by atoms with van der Waals surface area (Å²) < 4.78 is 45.1. The minimum atomic E-state index is -4.81. The summed E-state index contributed by atoms with van der Waals surface area (Å²) in [6, 6.07) is 12.9. The second kappa shape index (κ2) is 7.53. The van der Waals surface area contributed by atoms with Crippen molar-refractivity contribution in [3.8, 4) is 17.6 Å². The number of alkyl halides is 3. The number of nitriles is 1. The van der Waals surface area contributed by atoms with Gasteiger partial charge in [0.2, 0.25) is 5.78 Å². The molecule has 0 saturated carbocycles. The Bertz CT molecular complexity index is 817. The molecule has 0 saturated heterocycles. The van der Waals surface area contributed by atoms with Crippen molar-refractivity contribution in [2.75, 3.05) is 7.11 Å². The van der Waals surface area contributed by atoms with Gasteiger partial charge in [0.05, 0.1) is 7.11 Å². The average molecular weight is 347 g/mol. The number of halogens is 3. The molecule has 0 amide bonds. The van der Waals surface area contributed by atoms with Crippen LogP contribution in [0, 0.1) is 11.3 Å². The summed E-state index contributed by atoms with van der Waals surface area (Å²) in [6.45, 7) is 0. The highest BCUT2D eigenvalue weighted by atomic mass is 19.4. The molecular formula is C18H12F3NO3. The molecule has 0 bridgehead atoms. The quantitative estimate of drug-likeness (QED) is 0.457. The second-order valence-electron chi connectivity index (χ2n) is 4.84. The molecule has 2 rings (SSSR count). The van der Waals surface area contributed by atoms with Crippen molar-refractivity contribution in [2.24, 2.45) is 0 Å². The highest BCUT2D eigenvalue weighted by molar-refractivity contribution is 6.14. The Labute approximate surface area is 141 Å². The summed E-state index contributed by atoms with van der Waals surface area (Å²) in [5.41, 5.74) is 0.549. The van der Waals surface area contributed by atoms with E-state index in [-0.39, 0.29) is 11.1 Å². The Balaban J connectivity index is 2.21. The number of rotatable bonds is 5. The smallest absolute Gasteiger partial charge is 0.497 e. The molecule has 0 heterocycles. The lowest BCUT2D eigenvalue weighted by atomic mass is 10.0. The number of benzene rings is 2. The number of carbonyl (C=O) groups excluding carboxylic acids is 1. The van der Waals surface area contributed by atoms with Gasteiger partial charge < -0.3 is 9.47 Å². The van der Waals surface area contributed by atoms with E-state index < -0.39 is 17.9 Å². The molecule has 2 aromatic carbocycles. The van der Waals surface area contributed by atoms with Crippen LogP contribution in [0.25, 0.3) is 6.08 Å². The lowest BCUT2D eigenvalue weighted by Crippen LogP contribution is -2.17. The van der Waals surface area contributed by atoms with Crippen LogP contribution in [0.4, 0.5) is 13.2 Å². The SMILES string of the molecule is COc1ccc(/C=C(/C#N)C(=O)c2ccc(OC(F)(F)F)cc2)cc1. The molecule has 4 nitrogen and oxygen atoms in total. The van der Waals surface area contributed by atoms with Crippen LogP contribution in [0.5, 0.6) is 11.5 Å².